The highest BCUT2D eigenvalue weighted by molar-refractivity contribution is 6.30. The van der Waals surface area contributed by atoms with Crippen LogP contribution in [-0.4, -0.2) is 33.1 Å². The maximum Gasteiger partial charge on any atom is 0.333 e. The van der Waals surface area contributed by atoms with E-state index in [-0.39, 0.29) is 17.9 Å². The van der Waals surface area contributed by atoms with Crippen molar-refractivity contribution in [3.8, 4) is 11.3 Å². The van der Waals surface area contributed by atoms with Crippen LogP contribution in [0.3, 0.4) is 0 Å². The average molecular weight is 450 g/mol. The van der Waals surface area contributed by atoms with Crippen LogP contribution in [0.5, 0.6) is 0 Å². The first-order chi connectivity index (χ1) is 15.5. The lowest BCUT2D eigenvalue weighted by molar-refractivity contribution is -0.132. The van der Waals surface area contributed by atoms with E-state index >= 15 is 0 Å². The lowest BCUT2D eigenvalue weighted by Crippen LogP contribution is -2.10. The third-order valence-electron chi connectivity index (χ3n) is 6.78. The van der Waals surface area contributed by atoms with E-state index in [2.05, 4.69) is 0 Å². The van der Waals surface area contributed by atoms with Crippen molar-refractivity contribution in [3.05, 3.63) is 63.7 Å². The minimum absolute atomic E-state index is 0.191. The summed E-state index contributed by atoms with van der Waals surface area (Å²) in [5.74, 6) is -0.958. The first kappa shape index (κ1) is 21.0. The molecule has 0 saturated heterocycles. The molecular formula is C26H24ClNO4. The first-order valence-corrected chi connectivity index (χ1v) is 11.4. The van der Waals surface area contributed by atoms with Crippen LogP contribution in [0.2, 0.25) is 5.02 Å². The number of carbonyl (C=O) groups is 2. The standard InChI is InChI=1S/C26H24ClNO4/c27-19-7-9-20-17(11-19)10-18(26(31)32)13-28-22-12-16(23(30)14-29)6-8-21(22)24(25(20)28)15-4-2-1-3-5-15/h6-12,15,29H,1-5,13-14H2,(H,31,32). The number of fused-ring (bicyclic) bond motifs is 5. The number of rotatable bonds is 4. The van der Waals surface area contributed by atoms with Gasteiger partial charge in [0.2, 0.25) is 0 Å². The smallest absolute Gasteiger partial charge is 0.333 e. The lowest BCUT2D eigenvalue weighted by atomic mass is 9.81. The van der Waals surface area contributed by atoms with Crippen LogP contribution in [0.1, 0.15) is 59.5 Å². The van der Waals surface area contributed by atoms with E-state index < -0.39 is 12.6 Å². The summed E-state index contributed by atoms with van der Waals surface area (Å²) < 4.78 is 2.03. The molecule has 2 heterocycles. The Morgan fingerprint density at radius 1 is 1.06 bits per heavy atom. The van der Waals surface area contributed by atoms with E-state index in [4.69, 9.17) is 11.6 Å². The molecule has 2 N–H and O–H groups in total. The van der Waals surface area contributed by atoms with E-state index in [0.717, 1.165) is 40.6 Å². The predicted octanol–water partition coefficient (Wildman–Crippen LogP) is 5.67. The number of carbonyl (C=O) groups excluding carboxylic acids is 1. The fourth-order valence-corrected chi connectivity index (χ4v) is 5.48. The molecule has 1 aliphatic heterocycles. The number of aromatic nitrogens is 1. The molecule has 0 atom stereocenters. The molecule has 1 aromatic heterocycles. The van der Waals surface area contributed by atoms with Gasteiger partial charge < -0.3 is 14.8 Å². The van der Waals surface area contributed by atoms with Crippen LogP contribution in [0.15, 0.2) is 42.0 Å². The fraction of sp³-hybridized carbons (Fsp3) is 0.308. The van der Waals surface area contributed by atoms with Crippen molar-refractivity contribution in [2.75, 3.05) is 6.61 Å². The van der Waals surface area contributed by atoms with Crippen LogP contribution in [-0.2, 0) is 11.3 Å². The zero-order valence-electron chi connectivity index (χ0n) is 17.6. The number of carboxylic acids is 1. The monoisotopic (exact) mass is 449 g/mol. The molecular weight excluding hydrogens is 426 g/mol. The highest BCUT2D eigenvalue weighted by atomic mass is 35.5. The highest BCUT2D eigenvalue weighted by Gasteiger charge is 2.30. The van der Waals surface area contributed by atoms with E-state index in [9.17, 15) is 19.8 Å². The second kappa shape index (κ2) is 8.23. The maximum atomic E-state index is 12.2. The van der Waals surface area contributed by atoms with Gasteiger partial charge in [-0.25, -0.2) is 4.79 Å². The van der Waals surface area contributed by atoms with Crippen LogP contribution in [0.25, 0.3) is 28.2 Å². The van der Waals surface area contributed by atoms with Crippen molar-refractivity contribution in [2.24, 2.45) is 0 Å². The summed E-state index contributed by atoms with van der Waals surface area (Å²) in [5, 5.41) is 20.9. The minimum Gasteiger partial charge on any atom is -0.478 e. The SMILES string of the molecule is O=C(O)C1=Cc2cc(Cl)ccc2-c2c(C3CCCCC3)c3ccc(C(=O)CO)cc3n2C1. The number of ketones is 1. The number of aliphatic carboxylic acids is 1. The summed E-state index contributed by atoms with van der Waals surface area (Å²) in [6.07, 6.45) is 7.46. The average Bonchev–Trinajstić information content (AvgIpc) is 3.01. The Hall–Kier alpha value is -2.89. The molecule has 5 nitrogen and oxygen atoms in total. The molecule has 164 valence electrons. The van der Waals surface area contributed by atoms with Crippen molar-refractivity contribution in [1.82, 2.24) is 4.57 Å². The van der Waals surface area contributed by atoms with Gasteiger partial charge in [-0.05, 0) is 54.2 Å². The van der Waals surface area contributed by atoms with Crippen molar-refractivity contribution >= 4 is 40.3 Å². The van der Waals surface area contributed by atoms with Crippen LogP contribution >= 0.6 is 11.6 Å². The van der Waals surface area contributed by atoms with Crippen LogP contribution in [0.4, 0.5) is 0 Å². The van der Waals surface area contributed by atoms with Gasteiger partial charge >= 0.3 is 5.97 Å². The second-order valence-electron chi connectivity index (χ2n) is 8.70. The van der Waals surface area contributed by atoms with E-state index in [0.29, 0.717) is 16.5 Å². The molecule has 0 radical (unpaired) electrons. The Labute approximate surface area is 190 Å². The molecule has 6 heteroatoms. The van der Waals surface area contributed by atoms with Crippen LogP contribution < -0.4 is 0 Å². The van der Waals surface area contributed by atoms with Crippen molar-refractivity contribution in [3.63, 3.8) is 0 Å². The zero-order valence-corrected chi connectivity index (χ0v) is 18.4. The molecule has 0 spiro atoms. The van der Waals surface area contributed by atoms with Gasteiger partial charge in [-0.1, -0.05) is 49.1 Å². The fourth-order valence-electron chi connectivity index (χ4n) is 5.30. The molecule has 2 aromatic carbocycles. The molecule has 0 bridgehead atoms. The summed E-state index contributed by atoms with van der Waals surface area (Å²) in [6.45, 7) is -0.368. The van der Waals surface area contributed by atoms with E-state index in [1.165, 1.54) is 24.8 Å². The maximum absolute atomic E-state index is 12.2. The lowest BCUT2D eigenvalue weighted by Gasteiger charge is -2.24. The molecule has 32 heavy (non-hydrogen) atoms. The van der Waals surface area contributed by atoms with Crippen molar-refractivity contribution < 1.29 is 19.8 Å². The molecule has 3 aromatic rings. The number of hydrogen-bond acceptors (Lipinski definition) is 3. The number of carboxylic acid groups (broad SMARTS) is 1. The quantitative estimate of drug-likeness (QED) is 0.503. The van der Waals surface area contributed by atoms with Gasteiger partial charge in [0.1, 0.15) is 6.61 Å². The topological polar surface area (TPSA) is 79.5 Å². The van der Waals surface area contributed by atoms with Gasteiger partial charge in [0.25, 0.3) is 0 Å². The Morgan fingerprint density at radius 3 is 2.56 bits per heavy atom. The summed E-state index contributed by atoms with van der Waals surface area (Å²) in [7, 11) is 0. The highest BCUT2D eigenvalue weighted by Crippen LogP contribution is 2.46. The van der Waals surface area contributed by atoms with Gasteiger partial charge in [-0.3, -0.25) is 4.79 Å². The first-order valence-electron chi connectivity index (χ1n) is 11.0. The molecule has 1 aliphatic carbocycles. The normalized spacial score (nSPS) is 16.2. The minimum atomic E-state index is -0.979. The second-order valence-corrected chi connectivity index (χ2v) is 9.14. The molecule has 5 rings (SSSR count). The summed E-state index contributed by atoms with van der Waals surface area (Å²) in [5.41, 5.74) is 5.51. The van der Waals surface area contributed by atoms with Crippen LogP contribution in [0, 0.1) is 0 Å². The third-order valence-corrected chi connectivity index (χ3v) is 7.02. The summed E-state index contributed by atoms with van der Waals surface area (Å²) >= 11 is 6.28. The number of aliphatic hydroxyl groups is 1. The van der Waals surface area contributed by atoms with Crippen molar-refractivity contribution in [1.29, 1.82) is 0 Å². The number of nitrogens with zero attached hydrogens (tertiary/aromatic N) is 1. The predicted molar refractivity (Wildman–Crippen MR) is 125 cm³/mol. The van der Waals surface area contributed by atoms with Gasteiger partial charge in [-0.15, -0.1) is 0 Å². The largest absolute Gasteiger partial charge is 0.478 e. The van der Waals surface area contributed by atoms with Crippen molar-refractivity contribution in [2.45, 2.75) is 44.6 Å². The van der Waals surface area contributed by atoms with Gasteiger partial charge in [0.05, 0.1) is 17.8 Å². The Balaban J connectivity index is 1.86. The molecule has 0 amide bonds. The van der Waals surface area contributed by atoms with E-state index in [1.54, 1.807) is 18.2 Å². The number of Topliss-reactive ketones (excluding diaryl/α,β-unsaturated/α-hetero) is 1. The number of benzene rings is 2. The van der Waals surface area contributed by atoms with E-state index in [1.807, 2.05) is 28.8 Å². The summed E-state index contributed by atoms with van der Waals surface area (Å²) in [4.78, 5) is 24.3. The third kappa shape index (κ3) is 3.46. The number of aliphatic hydroxyl groups excluding tert-OH is 1. The van der Waals surface area contributed by atoms with Gasteiger partial charge in [-0.2, -0.15) is 0 Å². The molecule has 0 unspecified atom stereocenters. The molecule has 1 saturated carbocycles. The van der Waals surface area contributed by atoms with Gasteiger partial charge in [0.15, 0.2) is 5.78 Å². The summed E-state index contributed by atoms with van der Waals surface area (Å²) in [6, 6.07) is 11.2. The Morgan fingerprint density at radius 2 is 1.84 bits per heavy atom. The zero-order chi connectivity index (χ0) is 22.4. The Kier molecular flexibility index (Phi) is 5.39. The number of halogens is 1. The molecule has 2 aliphatic rings. The molecule has 1 fully saturated rings. The van der Waals surface area contributed by atoms with Gasteiger partial charge in [0, 0.05) is 27.1 Å². The number of hydrogen-bond donors (Lipinski definition) is 2. The Bertz CT molecular complexity index is 1280.